The van der Waals surface area contributed by atoms with Crippen molar-refractivity contribution < 1.29 is 19.4 Å². The molecule has 0 unspecified atom stereocenters. The van der Waals surface area contributed by atoms with Gasteiger partial charge in [0.15, 0.2) is 5.13 Å². The van der Waals surface area contributed by atoms with E-state index in [-0.39, 0.29) is 11.3 Å². The Bertz CT molecular complexity index is 1040. The lowest BCUT2D eigenvalue weighted by molar-refractivity contribution is -0.132. The number of ketones is 1. The molecule has 0 radical (unpaired) electrons. The molecule has 1 fully saturated rings. The van der Waals surface area contributed by atoms with Crippen LogP contribution in [-0.4, -0.2) is 28.4 Å². The van der Waals surface area contributed by atoms with Gasteiger partial charge in [0.1, 0.15) is 17.6 Å². The second-order valence-electron chi connectivity index (χ2n) is 6.37. The SMILES string of the molecule is CCCOc1ccc(C(O)=C2C(=O)C(=O)N(c3nccs3)[C@H]2c2cccs2)cc1. The topological polar surface area (TPSA) is 79.7 Å². The molecular formula is C21H18N2O4S2. The maximum Gasteiger partial charge on any atom is 0.301 e. The molecule has 2 aromatic heterocycles. The molecule has 3 heterocycles. The van der Waals surface area contributed by atoms with Gasteiger partial charge in [-0.3, -0.25) is 14.5 Å². The second-order valence-corrected chi connectivity index (χ2v) is 8.22. The fourth-order valence-corrected chi connectivity index (χ4v) is 4.66. The summed E-state index contributed by atoms with van der Waals surface area (Å²) in [4.78, 5) is 32.0. The molecule has 8 heteroatoms. The highest BCUT2D eigenvalue weighted by Gasteiger charge is 2.48. The van der Waals surface area contributed by atoms with Gasteiger partial charge in [0, 0.05) is 22.0 Å². The van der Waals surface area contributed by atoms with Crippen molar-refractivity contribution in [2.75, 3.05) is 11.5 Å². The van der Waals surface area contributed by atoms with Gasteiger partial charge in [-0.15, -0.1) is 22.7 Å². The first kappa shape index (κ1) is 19.4. The first-order valence-corrected chi connectivity index (χ1v) is 10.8. The Kier molecular flexibility index (Phi) is 5.46. The van der Waals surface area contributed by atoms with Crippen LogP contribution in [0.15, 0.2) is 58.9 Å². The van der Waals surface area contributed by atoms with Gasteiger partial charge in [0.25, 0.3) is 5.78 Å². The highest BCUT2D eigenvalue weighted by atomic mass is 32.1. The van der Waals surface area contributed by atoms with E-state index < -0.39 is 17.7 Å². The van der Waals surface area contributed by atoms with Gasteiger partial charge in [-0.05, 0) is 42.1 Å². The third kappa shape index (κ3) is 3.56. The standard InChI is InChI=1S/C21H18N2O4S2/c1-2-10-27-14-7-5-13(6-8-14)18(24)16-17(15-4-3-11-28-15)23(20(26)19(16)25)21-22-9-12-29-21/h3-9,11-12,17,24H,2,10H2,1H3/t17-/m0/s1. The molecule has 148 valence electrons. The molecule has 0 saturated carbocycles. The lowest BCUT2D eigenvalue weighted by atomic mass is 10.00. The lowest BCUT2D eigenvalue weighted by Gasteiger charge is -2.21. The number of anilines is 1. The predicted molar refractivity (Wildman–Crippen MR) is 113 cm³/mol. The Balaban J connectivity index is 1.79. The average molecular weight is 427 g/mol. The van der Waals surface area contributed by atoms with Crippen molar-refractivity contribution in [2.45, 2.75) is 19.4 Å². The molecule has 0 bridgehead atoms. The molecule has 1 atom stereocenters. The number of thiophene rings is 1. The molecular weight excluding hydrogens is 408 g/mol. The summed E-state index contributed by atoms with van der Waals surface area (Å²) in [5.74, 6) is -0.936. The number of carbonyl (C=O) groups excluding carboxylic acids is 2. The molecule has 3 aromatic rings. The largest absolute Gasteiger partial charge is 0.507 e. The zero-order valence-electron chi connectivity index (χ0n) is 15.6. The minimum atomic E-state index is -0.720. The van der Waals surface area contributed by atoms with Crippen LogP contribution in [0.5, 0.6) is 5.75 Å². The summed E-state index contributed by atoms with van der Waals surface area (Å²) < 4.78 is 5.57. The normalized spacial score (nSPS) is 18.4. The van der Waals surface area contributed by atoms with Gasteiger partial charge in [0.2, 0.25) is 0 Å². The summed E-state index contributed by atoms with van der Waals surface area (Å²) in [6, 6.07) is 9.82. The Morgan fingerprint density at radius 1 is 1.17 bits per heavy atom. The van der Waals surface area contributed by atoms with Crippen LogP contribution in [0, 0.1) is 0 Å². The van der Waals surface area contributed by atoms with E-state index in [2.05, 4.69) is 4.98 Å². The maximum absolute atomic E-state index is 12.9. The molecule has 1 amide bonds. The predicted octanol–water partition coefficient (Wildman–Crippen LogP) is 4.62. The average Bonchev–Trinajstić information content (AvgIpc) is 3.48. The van der Waals surface area contributed by atoms with Crippen LogP contribution in [0.4, 0.5) is 5.13 Å². The number of nitrogens with zero attached hydrogens (tertiary/aromatic N) is 2. The molecule has 1 N–H and O–H groups in total. The first-order chi connectivity index (χ1) is 14.1. The van der Waals surface area contributed by atoms with Crippen LogP contribution >= 0.6 is 22.7 Å². The number of aliphatic hydroxyl groups is 1. The number of thiazole rings is 1. The number of aromatic nitrogens is 1. The van der Waals surface area contributed by atoms with Gasteiger partial charge in [0.05, 0.1) is 12.2 Å². The molecule has 1 saturated heterocycles. The molecule has 1 aliphatic heterocycles. The summed E-state index contributed by atoms with van der Waals surface area (Å²) in [7, 11) is 0. The Morgan fingerprint density at radius 2 is 1.97 bits per heavy atom. The van der Waals surface area contributed by atoms with Crippen molar-refractivity contribution >= 4 is 45.3 Å². The summed E-state index contributed by atoms with van der Waals surface area (Å²) in [5, 5.41) is 15.0. The third-order valence-corrected chi connectivity index (χ3v) is 6.18. The molecule has 1 aromatic carbocycles. The molecule has 1 aliphatic rings. The highest BCUT2D eigenvalue weighted by Crippen LogP contribution is 2.44. The first-order valence-electron chi connectivity index (χ1n) is 9.09. The smallest absolute Gasteiger partial charge is 0.301 e. The summed E-state index contributed by atoms with van der Waals surface area (Å²) in [6.07, 6.45) is 2.47. The summed E-state index contributed by atoms with van der Waals surface area (Å²) >= 11 is 2.69. The summed E-state index contributed by atoms with van der Waals surface area (Å²) in [6.45, 7) is 2.62. The number of carbonyl (C=O) groups is 2. The van der Waals surface area contributed by atoms with Crippen molar-refractivity contribution in [1.29, 1.82) is 0 Å². The number of benzene rings is 1. The number of ether oxygens (including phenoxy) is 1. The number of rotatable bonds is 6. The zero-order valence-corrected chi connectivity index (χ0v) is 17.2. The van der Waals surface area contributed by atoms with E-state index in [0.29, 0.717) is 23.1 Å². The minimum absolute atomic E-state index is 0.0647. The van der Waals surface area contributed by atoms with Gasteiger partial charge >= 0.3 is 5.91 Å². The minimum Gasteiger partial charge on any atom is -0.507 e. The van der Waals surface area contributed by atoms with Crippen LogP contribution in [-0.2, 0) is 9.59 Å². The van der Waals surface area contributed by atoms with E-state index in [1.807, 2.05) is 24.4 Å². The number of amides is 1. The Morgan fingerprint density at radius 3 is 2.59 bits per heavy atom. The lowest BCUT2D eigenvalue weighted by Crippen LogP contribution is -2.28. The van der Waals surface area contributed by atoms with Crippen LogP contribution < -0.4 is 9.64 Å². The molecule has 4 rings (SSSR count). The van der Waals surface area contributed by atoms with E-state index in [1.54, 1.807) is 35.8 Å². The fraction of sp³-hybridized carbons (Fsp3) is 0.190. The summed E-state index contributed by atoms with van der Waals surface area (Å²) in [5.41, 5.74) is 0.516. The van der Waals surface area contributed by atoms with Gasteiger partial charge in [-0.1, -0.05) is 13.0 Å². The van der Waals surface area contributed by atoms with Gasteiger partial charge < -0.3 is 9.84 Å². The van der Waals surface area contributed by atoms with E-state index in [0.717, 1.165) is 11.3 Å². The van der Waals surface area contributed by atoms with E-state index >= 15 is 0 Å². The molecule has 0 aliphatic carbocycles. The number of Topliss-reactive ketones (excluding diaryl/α,β-unsaturated/α-hetero) is 1. The van der Waals surface area contributed by atoms with Gasteiger partial charge in [-0.25, -0.2) is 4.98 Å². The number of hydrogen-bond donors (Lipinski definition) is 1. The third-order valence-electron chi connectivity index (χ3n) is 4.48. The van der Waals surface area contributed by atoms with Crippen LogP contribution in [0.3, 0.4) is 0 Å². The van der Waals surface area contributed by atoms with Crippen molar-refractivity contribution in [2.24, 2.45) is 0 Å². The zero-order chi connectivity index (χ0) is 20.4. The number of aliphatic hydroxyl groups excluding tert-OH is 1. The van der Waals surface area contributed by atoms with Crippen molar-refractivity contribution in [1.82, 2.24) is 4.98 Å². The van der Waals surface area contributed by atoms with Crippen molar-refractivity contribution in [3.63, 3.8) is 0 Å². The monoisotopic (exact) mass is 426 g/mol. The Hall–Kier alpha value is -2.97. The molecule has 6 nitrogen and oxygen atoms in total. The van der Waals surface area contributed by atoms with Crippen molar-refractivity contribution in [3.8, 4) is 5.75 Å². The Labute approximate surface area is 175 Å². The van der Waals surface area contributed by atoms with Crippen molar-refractivity contribution in [3.05, 3.63) is 69.4 Å². The second kappa shape index (κ2) is 8.18. The fourth-order valence-electron chi connectivity index (χ4n) is 3.17. The quantitative estimate of drug-likeness (QED) is 0.353. The highest BCUT2D eigenvalue weighted by molar-refractivity contribution is 7.14. The van der Waals surface area contributed by atoms with E-state index in [1.165, 1.54) is 27.6 Å². The van der Waals surface area contributed by atoms with E-state index in [9.17, 15) is 14.7 Å². The molecule has 29 heavy (non-hydrogen) atoms. The van der Waals surface area contributed by atoms with E-state index in [4.69, 9.17) is 4.74 Å². The maximum atomic E-state index is 12.9. The number of hydrogen-bond acceptors (Lipinski definition) is 7. The van der Waals surface area contributed by atoms with Gasteiger partial charge in [-0.2, -0.15) is 0 Å². The van der Waals surface area contributed by atoms with Crippen LogP contribution in [0.25, 0.3) is 5.76 Å². The molecule has 0 spiro atoms. The van der Waals surface area contributed by atoms with Crippen LogP contribution in [0.2, 0.25) is 0 Å². The van der Waals surface area contributed by atoms with Crippen LogP contribution in [0.1, 0.15) is 29.8 Å².